The summed E-state index contributed by atoms with van der Waals surface area (Å²) in [6.07, 6.45) is 1.02. The van der Waals surface area contributed by atoms with Crippen molar-refractivity contribution >= 4 is 25.8 Å². The van der Waals surface area contributed by atoms with Gasteiger partial charge in [0, 0.05) is 12.6 Å². The minimum absolute atomic E-state index is 0.164. The number of methoxy groups -OCH3 is 1. The second kappa shape index (κ2) is 6.98. The Morgan fingerprint density at radius 2 is 1.87 bits per heavy atom. The first kappa shape index (κ1) is 17.9. The smallest absolute Gasteiger partial charge is 0.322 e. The third-order valence-electron chi connectivity index (χ3n) is 3.72. The van der Waals surface area contributed by atoms with Crippen LogP contribution in [-0.4, -0.2) is 58.3 Å². The number of rotatable bonds is 6. The molecule has 1 aliphatic rings. The number of hydrogen-bond donors (Lipinski definition) is 0. The number of hydrogen-bond acceptors (Lipinski definition) is 6. The van der Waals surface area contributed by atoms with Gasteiger partial charge in [-0.3, -0.25) is 4.79 Å². The molecule has 0 amide bonds. The van der Waals surface area contributed by atoms with E-state index in [2.05, 4.69) is 4.74 Å². The fourth-order valence-electron chi connectivity index (χ4n) is 2.61. The van der Waals surface area contributed by atoms with Gasteiger partial charge in [-0.25, -0.2) is 16.8 Å². The van der Waals surface area contributed by atoms with Gasteiger partial charge in [0.25, 0.3) is 0 Å². The minimum Gasteiger partial charge on any atom is -0.468 e. The van der Waals surface area contributed by atoms with Crippen LogP contribution in [0.15, 0.2) is 35.2 Å². The second-order valence-electron chi connectivity index (χ2n) is 5.33. The fourth-order valence-corrected chi connectivity index (χ4v) is 5.94. The van der Waals surface area contributed by atoms with Gasteiger partial charge in [0.2, 0.25) is 10.0 Å². The highest BCUT2D eigenvalue weighted by molar-refractivity contribution is 7.91. The molecule has 1 heterocycles. The largest absolute Gasteiger partial charge is 0.468 e. The molecule has 0 aliphatic carbocycles. The van der Waals surface area contributed by atoms with Crippen LogP contribution in [0.3, 0.4) is 0 Å². The number of sulfone groups is 1. The van der Waals surface area contributed by atoms with E-state index in [-0.39, 0.29) is 17.2 Å². The summed E-state index contributed by atoms with van der Waals surface area (Å²) in [5.74, 6) is -1.93. The molecule has 1 aliphatic heterocycles. The van der Waals surface area contributed by atoms with E-state index >= 15 is 0 Å². The van der Waals surface area contributed by atoms with Crippen LogP contribution >= 0.6 is 0 Å². The second-order valence-corrected chi connectivity index (χ2v) is 9.29. The molecule has 0 saturated carbocycles. The molecule has 128 valence electrons. The van der Waals surface area contributed by atoms with Crippen molar-refractivity contribution in [3.05, 3.63) is 30.3 Å². The summed E-state index contributed by atoms with van der Waals surface area (Å²) >= 11 is 0. The number of benzene rings is 1. The first-order valence-electron chi connectivity index (χ1n) is 7.10. The molecule has 7 nitrogen and oxygen atoms in total. The maximum Gasteiger partial charge on any atom is 0.322 e. The summed E-state index contributed by atoms with van der Waals surface area (Å²) in [7, 11) is -6.36. The Morgan fingerprint density at radius 3 is 2.48 bits per heavy atom. The minimum atomic E-state index is -3.88. The van der Waals surface area contributed by atoms with Crippen LogP contribution in [0.1, 0.15) is 12.8 Å². The maximum absolute atomic E-state index is 12.4. The van der Waals surface area contributed by atoms with Gasteiger partial charge >= 0.3 is 5.97 Å². The molecule has 1 fully saturated rings. The number of esters is 1. The summed E-state index contributed by atoms with van der Waals surface area (Å²) < 4.78 is 54.9. The van der Waals surface area contributed by atoms with Crippen molar-refractivity contribution in [2.24, 2.45) is 0 Å². The number of sulfonamides is 1. The van der Waals surface area contributed by atoms with Crippen LogP contribution in [0.5, 0.6) is 0 Å². The average molecular weight is 361 g/mol. The number of ether oxygens (including phenoxy) is 1. The monoisotopic (exact) mass is 361 g/mol. The van der Waals surface area contributed by atoms with Crippen LogP contribution in [0, 0.1) is 0 Å². The van der Waals surface area contributed by atoms with E-state index in [9.17, 15) is 21.6 Å². The Bertz CT molecular complexity index is 758. The topological polar surface area (TPSA) is 97.8 Å². The molecule has 1 atom stereocenters. The van der Waals surface area contributed by atoms with E-state index in [0.717, 1.165) is 11.4 Å². The van der Waals surface area contributed by atoms with E-state index in [1.165, 1.54) is 12.1 Å². The average Bonchev–Trinajstić information content (AvgIpc) is 2.96. The van der Waals surface area contributed by atoms with E-state index in [0.29, 0.717) is 12.8 Å². The number of carbonyl (C=O) groups excluding carboxylic acids is 1. The lowest BCUT2D eigenvalue weighted by molar-refractivity contribution is -0.137. The van der Waals surface area contributed by atoms with Crippen molar-refractivity contribution in [2.75, 3.05) is 25.2 Å². The third kappa shape index (κ3) is 4.30. The lowest BCUT2D eigenvalue weighted by Crippen LogP contribution is -2.42. The highest BCUT2D eigenvalue weighted by Gasteiger charge is 2.38. The summed E-state index contributed by atoms with van der Waals surface area (Å²) in [5, 5.41) is 0. The molecule has 1 aromatic rings. The molecule has 0 spiro atoms. The molecular formula is C14H19NO6S2. The summed E-state index contributed by atoms with van der Waals surface area (Å²) in [6, 6.07) is 7.26. The molecule has 9 heteroatoms. The zero-order chi connectivity index (χ0) is 17.1. The highest BCUT2D eigenvalue weighted by atomic mass is 32.2. The van der Waals surface area contributed by atoms with Gasteiger partial charge in [0.15, 0.2) is 15.6 Å². The SMILES string of the molecule is COC(=O)CS(=O)(=O)N1CCCC1CS(=O)(=O)c1ccccc1. The van der Waals surface area contributed by atoms with Crippen LogP contribution < -0.4 is 0 Å². The number of carbonyl (C=O) groups is 1. The highest BCUT2D eigenvalue weighted by Crippen LogP contribution is 2.25. The maximum atomic E-state index is 12.4. The van der Waals surface area contributed by atoms with Crippen molar-refractivity contribution in [3.63, 3.8) is 0 Å². The Hall–Kier alpha value is -1.45. The van der Waals surface area contributed by atoms with Gasteiger partial charge < -0.3 is 4.74 Å². The Morgan fingerprint density at radius 1 is 1.22 bits per heavy atom. The van der Waals surface area contributed by atoms with Gasteiger partial charge in [0.05, 0.1) is 17.8 Å². The predicted octanol–water partition coefficient (Wildman–Crippen LogP) is 0.428. The van der Waals surface area contributed by atoms with Crippen LogP contribution in [-0.2, 0) is 29.4 Å². The molecule has 0 radical (unpaired) electrons. The summed E-state index contributed by atoms with van der Waals surface area (Å²) in [6.45, 7) is 0.217. The molecule has 2 rings (SSSR count). The normalized spacial score (nSPS) is 19.6. The number of nitrogens with zero attached hydrogens (tertiary/aromatic N) is 1. The van der Waals surface area contributed by atoms with Crippen molar-refractivity contribution in [2.45, 2.75) is 23.8 Å². The van der Waals surface area contributed by atoms with Gasteiger partial charge in [0.1, 0.15) is 0 Å². The van der Waals surface area contributed by atoms with E-state index in [1.54, 1.807) is 18.2 Å². The Labute approximate surface area is 136 Å². The molecule has 1 aromatic carbocycles. The zero-order valence-corrected chi connectivity index (χ0v) is 14.3. The Balaban J connectivity index is 2.18. The molecule has 0 bridgehead atoms. The van der Waals surface area contributed by atoms with Crippen molar-refractivity contribution in [1.82, 2.24) is 4.31 Å². The standard InChI is InChI=1S/C14H19NO6S2/c1-21-14(16)11-23(19,20)15-9-5-6-12(15)10-22(17,18)13-7-3-2-4-8-13/h2-4,7-8,12H,5-6,9-11H2,1H3. The van der Waals surface area contributed by atoms with E-state index < -0.39 is 37.6 Å². The third-order valence-corrected chi connectivity index (χ3v) is 7.33. The molecular weight excluding hydrogens is 342 g/mol. The first-order valence-corrected chi connectivity index (χ1v) is 10.4. The van der Waals surface area contributed by atoms with Gasteiger partial charge in [-0.05, 0) is 25.0 Å². The summed E-state index contributed by atoms with van der Waals surface area (Å²) in [4.78, 5) is 11.4. The predicted molar refractivity (Wildman–Crippen MR) is 84.0 cm³/mol. The van der Waals surface area contributed by atoms with Gasteiger partial charge in [-0.15, -0.1) is 0 Å². The molecule has 1 unspecified atom stereocenters. The zero-order valence-electron chi connectivity index (χ0n) is 12.7. The van der Waals surface area contributed by atoms with Crippen LogP contribution in [0.2, 0.25) is 0 Å². The fraction of sp³-hybridized carbons (Fsp3) is 0.500. The van der Waals surface area contributed by atoms with Crippen molar-refractivity contribution < 1.29 is 26.4 Å². The molecule has 23 heavy (non-hydrogen) atoms. The molecule has 1 saturated heterocycles. The van der Waals surface area contributed by atoms with Crippen molar-refractivity contribution in [3.8, 4) is 0 Å². The lowest BCUT2D eigenvalue weighted by atomic mass is 10.3. The van der Waals surface area contributed by atoms with Crippen LogP contribution in [0.4, 0.5) is 0 Å². The lowest BCUT2D eigenvalue weighted by Gasteiger charge is -2.23. The van der Waals surface area contributed by atoms with Crippen LogP contribution in [0.25, 0.3) is 0 Å². The van der Waals surface area contributed by atoms with Crippen molar-refractivity contribution in [1.29, 1.82) is 0 Å². The van der Waals surface area contributed by atoms with E-state index in [1.807, 2.05) is 0 Å². The first-order chi connectivity index (χ1) is 10.8. The van der Waals surface area contributed by atoms with Gasteiger partial charge in [-0.1, -0.05) is 18.2 Å². The van der Waals surface area contributed by atoms with Gasteiger partial charge in [-0.2, -0.15) is 4.31 Å². The molecule has 0 aromatic heterocycles. The Kier molecular flexibility index (Phi) is 5.43. The quantitative estimate of drug-likeness (QED) is 0.682. The van der Waals surface area contributed by atoms with E-state index in [4.69, 9.17) is 0 Å². The molecule has 0 N–H and O–H groups in total. The summed E-state index contributed by atoms with van der Waals surface area (Å²) in [5.41, 5.74) is 0.